The molecule has 1 aromatic heterocycles. The molecule has 4 rings (SSSR count). The van der Waals surface area contributed by atoms with Gasteiger partial charge in [0, 0.05) is 18.9 Å². The molecule has 2 aromatic rings. The molecule has 3 heteroatoms. The third kappa shape index (κ3) is 2.94. The van der Waals surface area contributed by atoms with Gasteiger partial charge in [-0.25, -0.2) is 4.98 Å². The predicted molar refractivity (Wildman–Crippen MR) is 97.3 cm³/mol. The van der Waals surface area contributed by atoms with Crippen LogP contribution in [-0.4, -0.2) is 9.55 Å². The quantitative estimate of drug-likeness (QED) is 0.776. The highest BCUT2D eigenvalue weighted by molar-refractivity contribution is 5.85. The maximum atomic E-state index is 4.21. The highest BCUT2D eigenvalue weighted by Gasteiger charge is 2.42. The minimum absolute atomic E-state index is 0. The summed E-state index contributed by atoms with van der Waals surface area (Å²) in [5.74, 6) is 0.751. The molecule has 0 N–H and O–H groups in total. The van der Waals surface area contributed by atoms with Crippen molar-refractivity contribution in [3.8, 4) is 0 Å². The number of hydrogen-bond donors (Lipinski definition) is 0. The summed E-state index contributed by atoms with van der Waals surface area (Å²) in [6.45, 7) is 3.47. The van der Waals surface area contributed by atoms with Crippen molar-refractivity contribution >= 4 is 12.4 Å². The first-order chi connectivity index (χ1) is 10.8. The molecule has 0 saturated carbocycles. The van der Waals surface area contributed by atoms with Crippen LogP contribution in [0, 0.1) is 5.92 Å². The van der Waals surface area contributed by atoms with Crippen molar-refractivity contribution in [3.63, 3.8) is 0 Å². The van der Waals surface area contributed by atoms with Gasteiger partial charge in [-0.05, 0) is 66.5 Å². The second kappa shape index (κ2) is 6.68. The zero-order chi connectivity index (χ0) is 15.0. The molecule has 2 nitrogen and oxygen atoms in total. The van der Waals surface area contributed by atoms with E-state index in [0.717, 1.165) is 12.5 Å². The SMILES string of the molecule is CCC[C@@]12CCCc3cccc(c31)C[C@H](Cn1ccnc1)C2.Cl. The molecule has 2 atom stereocenters. The Labute approximate surface area is 145 Å². The lowest BCUT2D eigenvalue weighted by Gasteiger charge is -2.47. The van der Waals surface area contributed by atoms with Crippen LogP contribution in [0.15, 0.2) is 36.9 Å². The largest absolute Gasteiger partial charge is 0.337 e. The van der Waals surface area contributed by atoms with Crippen LogP contribution in [0.3, 0.4) is 0 Å². The Bertz CT molecular complexity index is 650. The van der Waals surface area contributed by atoms with Gasteiger partial charge in [-0.2, -0.15) is 0 Å². The summed E-state index contributed by atoms with van der Waals surface area (Å²) in [4.78, 5) is 4.21. The fraction of sp³-hybridized carbons (Fsp3) is 0.550. The number of imidazole rings is 1. The smallest absolute Gasteiger partial charge is 0.0945 e. The number of aromatic nitrogens is 2. The predicted octanol–water partition coefficient (Wildman–Crippen LogP) is 4.94. The van der Waals surface area contributed by atoms with Crippen molar-refractivity contribution in [2.24, 2.45) is 5.92 Å². The van der Waals surface area contributed by atoms with Gasteiger partial charge < -0.3 is 4.57 Å². The average molecular weight is 331 g/mol. The number of halogens is 1. The molecule has 0 bridgehead atoms. The molecule has 124 valence electrons. The summed E-state index contributed by atoms with van der Waals surface area (Å²) in [6.07, 6.45) is 15.3. The molecule has 2 aliphatic rings. The van der Waals surface area contributed by atoms with Gasteiger partial charge in [0.2, 0.25) is 0 Å². The van der Waals surface area contributed by atoms with E-state index >= 15 is 0 Å². The molecule has 23 heavy (non-hydrogen) atoms. The normalized spacial score (nSPS) is 25.5. The van der Waals surface area contributed by atoms with Gasteiger partial charge in [-0.1, -0.05) is 31.5 Å². The van der Waals surface area contributed by atoms with E-state index in [1.54, 1.807) is 16.7 Å². The van der Waals surface area contributed by atoms with Crippen molar-refractivity contribution in [2.75, 3.05) is 0 Å². The van der Waals surface area contributed by atoms with E-state index in [4.69, 9.17) is 0 Å². The van der Waals surface area contributed by atoms with Crippen LogP contribution in [0.25, 0.3) is 0 Å². The number of rotatable bonds is 4. The van der Waals surface area contributed by atoms with Gasteiger partial charge in [0.1, 0.15) is 0 Å². The third-order valence-corrected chi connectivity index (χ3v) is 5.81. The van der Waals surface area contributed by atoms with Gasteiger partial charge in [-0.15, -0.1) is 12.4 Å². The molecule has 0 radical (unpaired) electrons. The summed E-state index contributed by atoms with van der Waals surface area (Å²) in [5.41, 5.74) is 5.51. The highest BCUT2D eigenvalue weighted by Crippen LogP contribution is 2.50. The lowest BCUT2D eigenvalue weighted by atomic mass is 9.58. The molecule has 0 spiro atoms. The minimum atomic E-state index is 0. The summed E-state index contributed by atoms with van der Waals surface area (Å²) in [5, 5.41) is 0. The summed E-state index contributed by atoms with van der Waals surface area (Å²) >= 11 is 0. The summed E-state index contributed by atoms with van der Waals surface area (Å²) < 4.78 is 2.27. The Morgan fingerprint density at radius 1 is 1.30 bits per heavy atom. The van der Waals surface area contributed by atoms with Crippen molar-refractivity contribution in [1.29, 1.82) is 0 Å². The van der Waals surface area contributed by atoms with Crippen molar-refractivity contribution < 1.29 is 0 Å². The van der Waals surface area contributed by atoms with Crippen LogP contribution in [0.4, 0.5) is 0 Å². The van der Waals surface area contributed by atoms with Crippen molar-refractivity contribution in [2.45, 2.75) is 63.8 Å². The fourth-order valence-electron chi connectivity index (χ4n) is 5.25. The van der Waals surface area contributed by atoms with Crippen LogP contribution in [0.2, 0.25) is 0 Å². The van der Waals surface area contributed by atoms with Crippen molar-refractivity contribution in [1.82, 2.24) is 9.55 Å². The minimum Gasteiger partial charge on any atom is -0.337 e. The zero-order valence-corrected chi connectivity index (χ0v) is 14.8. The monoisotopic (exact) mass is 330 g/mol. The van der Waals surface area contributed by atoms with Crippen LogP contribution >= 0.6 is 12.4 Å². The Kier molecular flexibility index (Phi) is 4.82. The molecule has 0 unspecified atom stereocenters. The topological polar surface area (TPSA) is 17.8 Å². The fourth-order valence-corrected chi connectivity index (χ4v) is 5.25. The molecule has 0 saturated heterocycles. The van der Waals surface area contributed by atoms with Gasteiger partial charge in [-0.3, -0.25) is 0 Å². The van der Waals surface area contributed by atoms with Gasteiger partial charge in [0.25, 0.3) is 0 Å². The molecule has 0 fully saturated rings. The van der Waals surface area contributed by atoms with Crippen LogP contribution < -0.4 is 0 Å². The number of aryl methyl sites for hydroxylation is 1. The first-order valence-electron chi connectivity index (χ1n) is 8.88. The third-order valence-electron chi connectivity index (χ3n) is 5.81. The van der Waals surface area contributed by atoms with Gasteiger partial charge in [0.15, 0.2) is 0 Å². The standard InChI is InChI=1S/C20H26N2.ClH/c1-2-8-20-9-4-7-17-5-3-6-18(19(17)20)12-16(13-20)14-22-11-10-21-15-22;/h3,5-6,10-11,15-16H,2,4,7-9,12-14H2,1H3;1H/t16-,20-;/m0./s1. The number of hydrogen-bond acceptors (Lipinski definition) is 1. The van der Waals surface area contributed by atoms with Crippen LogP contribution in [0.5, 0.6) is 0 Å². The second-order valence-electron chi connectivity index (χ2n) is 7.37. The van der Waals surface area contributed by atoms with E-state index in [9.17, 15) is 0 Å². The highest BCUT2D eigenvalue weighted by atomic mass is 35.5. The average Bonchev–Trinajstić information content (AvgIpc) is 3.00. The Morgan fingerprint density at radius 3 is 2.96 bits per heavy atom. The lowest BCUT2D eigenvalue weighted by molar-refractivity contribution is 0.218. The maximum absolute atomic E-state index is 4.21. The van der Waals surface area contributed by atoms with E-state index in [1.165, 1.54) is 44.9 Å². The molecule has 1 aromatic carbocycles. The Balaban J connectivity index is 0.00000156. The molecular weight excluding hydrogens is 304 g/mol. The number of benzene rings is 1. The molecule has 0 amide bonds. The molecule has 0 aliphatic heterocycles. The zero-order valence-electron chi connectivity index (χ0n) is 14.0. The molecule has 2 aliphatic carbocycles. The lowest BCUT2D eigenvalue weighted by Crippen LogP contribution is -2.39. The van der Waals surface area contributed by atoms with Gasteiger partial charge in [0.05, 0.1) is 6.33 Å². The maximum Gasteiger partial charge on any atom is 0.0945 e. The first kappa shape index (κ1) is 16.6. The van der Waals surface area contributed by atoms with E-state index in [1.807, 2.05) is 12.5 Å². The summed E-state index contributed by atoms with van der Waals surface area (Å²) in [7, 11) is 0. The Hall–Kier alpha value is -1.28. The molecular formula is C20H27ClN2. The van der Waals surface area contributed by atoms with E-state index in [-0.39, 0.29) is 12.4 Å². The first-order valence-corrected chi connectivity index (χ1v) is 8.88. The second-order valence-corrected chi connectivity index (χ2v) is 7.37. The number of nitrogens with zero attached hydrogens (tertiary/aromatic N) is 2. The van der Waals surface area contributed by atoms with E-state index < -0.39 is 0 Å². The van der Waals surface area contributed by atoms with Crippen LogP contribution in [-0.2, 0) is 24.8 Å². The van der Waals surface area contributed by atoms with Crippen LogP contribution in [0.1, 0.15) is 55.7 Å². The van der Waals surface area contributed by atoms with Crippen molar-refractivity contribution in [3.05, 3.63) is 53.6 Å². The Morgan fingerprint density at radius 2 is 2.17 bits per heavy atom. The van der Waals surface area contributed by atoms with Gasteiger partial charge >= 0.3 is 0 Å². The van der Waals surface area contributed by atoms with E-state index in [2.05, 4.69) is 40.9 Å². The molecule has 1 heterocycles. The van der Waals surface area contributed by atoms with E-state index in [0.29, 0.717) is 5.41 Å². The summed E-state index contributed by atoms with van der Waals surface area (Å²) in [6, 6.07) is 7.07.